The first-order valence-electron chi connectivity index (χ1n) is 16.5. The van der Waals surface area contributed by atoms with Crippen molar-refractivity contribution >= 4 is 121 Å². The summed E-state index contributed by atoms with van der Waals surface area (Å²) in [6.45, 7) is 9.08. The van der Waals surface area contributed by atoms with Crippen LogP contribution in [0, 0.1) is 0 Å². The highest BCUT2D eigenvalue weighted by molar-refractivity contribution is 5.92. The molecule has 19 heteroatoms. The molecule has 55 heavy (non-hydrogen) atoms. The van der Waals surface area contributed by atoms with Gasteiger partial charge in [-0.3, -0.25) is 19.4 Å². The van der Waals surface area contributed by atoms with Crippen LogP contribution < -0.4 is 31.9 Å². The van der Waals surface area contributed by atoms with Gasteiger partial charge in [0, 0.05) is 113 Å². The van der Waals surface area contributed by atoms with Crippen molar-refractivity contribution in [3.63, 3.8) is 0 Å². The van der Waals surface area contributed by atoms with Crippen LogP contribution >= 0.6 is 74.4 Å². The molecule has 0 bridgehead atoms. The number of amides is 2. The lowest BCUT2D eigenvalue weighted by Crippen LogP contribution is -2.47. The Labute approximate surface area is 361 Å². The van der Waals surface area contributed by atoms with Crippen molar-refractivity contribution in [3.05, 3.63) is 97.3 Å². The summed E-state index contributed by atoms with van der Waals surface area (Å²) in [7, 11) is 0. The second-order valence-corrected chi connectivity index (χ2v) is 11.9. The van der Waals surface area contributed by atoms with Crippen LogP contribution in [-0.4, -0.2) is 103 Å². The van der Waals surface area contributed by atoms with Crippen molar-refractivity contribution in [2.75, 3.05) is 97.3 Å². The maximum absolute atomic E-state index is 12.1. The summed E-state index contributed by atoms with van der Waals surface area (Å²) in [4.78, 5) is 42.1. The van der Waals surface area contributed by atoms with E-state index in [1.165, 1.54) is 0 Å². The summed E-state index contributed by atoms with van der Waals surface area (Å²) >= 11 is 0. The van der Waals surface area contributed by atoms with E-state index in [1.54, 1.807) is 24.3 Å². The van der Waals surface area contributed by atoms with E-state index in [2.05, 4.69) is 40.2 Å². The van der Waals surface area contributed by atoms with Crippen LogP contribution in [0.3, 0.4) is 0 Å². The molecule has 0 radical (unpaired) electrons. The Morgan fingerprint density at radius 2 is 0.891 bits per heavy atom. The van der Waals surface area contributed by atoms with Crippen LogP contribution in [0.25, 0.3) is 0 Å². The maximum atomic E-state index is 12.1. The number of hydrogen-bond acceptors (Lipinski definition) is 10. The molecule has 0 spiro atoms. The van der Waals surface area contributed by atoms with Gasteiger partial charge in [0.1, 0.15) is 11.6 Å². The number of rotatable bonds is 10. The van der Waals surface area contributed by atoms with Gasteiger partial charge in [-0.1, -0.05) is 24.3 Å². The van der Waals surface area contributed by atoms with Crippen LogP contribution in [0.1, 0.15) is 12.8 Å². The summed E-state index contributed by atoms with van der Waals surface area (Å²) in [5.41, 5.74) is 14.2. The molecule has 8 N–H and O–H groups in total. The van der Waals surface area contributed by atoms with E-state index in [0.29, 0.717) is 24.2 Å². The Morgan fingerprint density at radius 3 is 1.20 bits per heavy atom. The van der Waals surface area contributed by atoms with E-state index in [9.17, 15) is 9.59 Å². The highest BCUT2D eigenvalue weighted by Crippen LogP contribution is 2.16. The van der Waals surface area contributed by atoms with Crippen LogP contribution in [-0.2, 0) is 9.59 Å². The van der Waals surface area contributed by atoms with Crippen molar-refractivity contribution in [3.8, 4) is 0 Å². The Balaban J connectivity index is -0.000000872. The topological polar surface area (TPSA) is 180 Å². The van der Waals surface area contributed by atoms with Gasteiger partial charge in [0.15, 0.2) is 0 Å². The van der Waals surface area contributed by atoms with Gasteiger partial charge in [-0.15, -0.1) is 74.4 Å². The molecule has 0 atom stereocenters. The van der Waals surface area contributed by atoms with Gasteiger partial charge in [0.05, 0.1) is 0 Å². The number of carbonyl (C=O) groups excluding carboxylic acids is 2. The number of pyridine rings is 2. The summed E-state index contributed by atoms with van der Waals surface area (Å²) in [6, 6.07) is 26.5. The number of nitrogens with two attached hydrogens (primary N) is 2. The fraction of sp³-hybridized carbons (Fsp3) is 0.333. The Morgan fingerprint density at radius 1 is 0.527 bits per heavy atom. The number of carbonyl (C=O) groups is 2. The predicted octanol–water partition coefficient (Wildman–Crippen LogP) is 5.34. The molecule has 2 aliphatic heterocycles. The fourth-order valence-corrected chi connectivity index (χ4v) is 5.68. The minimum atomic E-state index is 0. The number of halogens is 6. The number of anilines is 6. The van der Waals surface area contributed by atoms with Crippen molar-refractivity contribution < 1.29 is 15.1 Å². The number of piperazine rings is 2. The molecule has 6 rings (SSSR count). The minimum Gasteiger partial charge on any atom is -0.412 e. The SMILES string of the molecule is Cl.Cl.Cl.Cl.Cl.Cl.Nc1cccc(NC(=O)CCN2CCN(c3ccccn3)CC2)c1.Nc1cccc(NC(=O)CCN2CCN(c3ccccn3)CC2)c1.O. The molecule has 2 aromatic heterocycles. The highest BCUT2D eigenvalue weighted by Gasteiger charge is 2.19. The molecule has 2 amide bonds. The van der Waals surface area contributed by atoms with E-state index >= 15 is 0 Å². The summed E-state index contributed by atoms with van der Waals surface area (Å²) < 4.78 is 0. The lowest BCUT2D eigenvalue weighted by Gasteiger charge is -2.35. The van der Waals surface area contributed by atoms with Crippen LogP contribution in [0.4, 0.5) is 34.4 Å². The quantitative estimate of drug-likeness (QED) is 0.152. The summed E-state index contributed by atoms with van der Waals surface area (Å²) in [6.07, 6.45) is 4.61. The van der Waals surface area contributed by atoms with E-state index in [1.807, 2.05) is 73.1 Å². The number of benzene rings is 2. The van der Waals surface area contributed by atoms with E-state index in [-0.39, 0.29) is 91.7 Å². The summed E-state index contributed by atoms with van der Waals surface area (Å²) in [5, 5.41) is 5.78. The molecule has 308 valence electrons. The molecule has 0 saturated carbocycles. The molecular formula is C36H54Cl6N10O3. The molecule has 4 aromatic rings. The van der Waals surface area contributed by atoms with Crippen LogP contribution in [0.5, 0.6) is 0 Å². The monoisotopic (exact) mass is 884 g/mol. The first-order chi connectivity index (χ1) is 23.4. The van der Waals surface area contributed by atoms with Crippen molar-refractivity contribution in [2.45, 2.75) is 12.8 Å². The third kappa shape index (κ3) is 19.3. The second kappa shape index (κ2) is 29.7. The zero-order chi connectivity index (χ0) is 33.6. The normalized spacial score (nSPS) is 13.3. The highest BCUT2D eigenvalue weighted by atomic mass is 35.5. The smallest absolute Gasteiger partial charge is 0.225 e. The first-order valence-corrected chi connectivity index (χ1v) is 16.5. The molecular weight excluding hydrogens is 833 g/mol. The Kier molecular flexibility index (Phi) is 30.2. The number of nitrogens with one attached hydrogen (secondary N) is 2. The van der Waals surface area contributed by atoms with E-state index < -0.39 is 0 Å². The average Bonchev–Trinajstić information content (AvgIpc) is 3.11. The zero-order valence-corrected chi connectivity index (χ0v) is 35.2. The number of nitrogen functional groups attached to an aromatic ring is 2. The third-order valence-corrected chi connectivity index (χ3v) is 8.34. The molecule has 2 aromatic carbocycles. The van der Waals surface area contributed by atoms with E-state index in [4.69, 9.17) is 11.5 Å². The predicted molar refractivity (Wildman–Crippen MR) is 241 cm³/mol. The fourth-order valence-electron chi connectivity index (χ4n) is 5.68. The molecule has 0 aliphatic carbocycles. The zero-order valence-electron chi connectivity index (χ0n) is 30.3. The van der Waals surface area contributed by atoms with Crippen molar-refractivity contribution in [2.24, 2.45) is 0 Å². The van der Waals surface area contributed by atoms with Crippen molar-refractivity contribution in [1.29, 1.82) is 0 Å². The van der Waals surface area contributed by atoms with Gasteiger partial charge in [-0.2, -0.15) is 0 Å². The lowest BCUT2D eigenvalue weighted by molar-refractivity contribution is -0.117. The van der Waals surface area contributed by atoms with Crippen LogP contribution in [0.15, 0.2) is 97.3 Å². The number of hydrogen-bond donors (Lipinski definition) is 4. The van der Waals surface area contributed by atoms with Gasteiger partial charge in [0.2, 0.25) is 11.8 Å². The lowest BCUT2D eigenvalue weighted by atomic mass is 10.2. The Bertz CT molecular complexity index is 1490. The summed E-state index contributed by atoms with van der Waals surface area (Å²) in [5.74, 6) is 2.09. The molecule has 2 fully saturated rings. The number of nitrogens with zero attached hydrogens (tertiary/aromatic N) is 6. The maximum Gasteiger partial charge on any atom is 0.225 e. The molecule has 4 heterocycles. The van der Waals surface area contributed by atoms with Crippen molar-refractivity contribution in [1.82, 2.24) is 19.8 Å². The molecule has 0 unspecified atom stereocenters. The standard InChI is InChI=1S/2C18H23N5O.6ClH.H2O/c2*19-15-4-3-5-16(14-15)21-18(24)7-9-22-10-12-23(13-11-22)17-6-1-2-8-20-17;;;;;;;/h2*1-6,8,14H,7,9-13,19H2,(H,21,24);6*1H;1H2. The van der Waals surface area contributed by atoms with Gasteiger partial charge < -0.3 is 37.4 Å². The molecule has 2 saturated heterocycles. The second-order valence-electron chi connectivity index (χ2n) is 11.9. The largest absolute Gasteiger partial charge is 0.412 e. The van der Waals surface area contributed by atoms with Gasteiger partial charge in [-0.05, 0) is 60.7 Å². The molecule has 13 nitrogen and oxygen atoms in total. The van der Waals surface area contributed by atoms with Gasteiger partial charge in [-0.25, -0.2) is 9.97 Å². The average molecular weight is 888 g/mol. The number of aromatic nitrogens is 2. The van der Waals surface area contributed by atoms with Crippen LogP contribution in [0.2, 0.25) is 0 Å². The first kappa shape index (κ1) is 55.8. The third-order valence-electron chi connectivity index (χ3n) is 8.34. The molecule has 2 aliphatic rings. The Hall–Kier alpha value is -3.50. The van der Waals surface area contributed by atoms with E-state index in [0.717, 1.165) is 88.5 Å². The minimum absolute atomic E-state index is 0. The van der Waals surface area contributed by atoms with Gasteiger partial charge >= 0.3 is 0 Å². The van der Waals surface area contributed by atoms with Gasteiger partial charge in [0.25, 0.3) is 0 Å².